The lowest BCUT2D eigenvalue weighted by Gasteiger charge is -2.05. The zero-order valence-electron chi connectivity index (χ0n) is 10.4. The molecule has 0 amide bonds. The Balaban J connectivity index is 2.10. The Morgan fingerprint density at radius 1 is 1.16 bits per heavy atom. The summed E-state index contributed by atoms with van der Waals surface area (Å²) in [6.45, 7) is 1.76. The minimum atomic E-state index is 0.475. The average Bonchev–Trinajstić information content (AvgIpc) is 2.84. The summed E-state index contributed by atoms with van der Waals surface area (Å²) in [5.41, 5.74) is 0.876. The van der Waals surface area contributed by atoms with Crippen LogP contribution < -0.4 is 5.32 Å². The second-order valence-corrected chi connectivity index (χ2v) is 4.75. The van der Waals surface area contributed by atoms with Gasteiger partial charge in [-0.25, -0.2) is 9.97 Å². The zero-order valence-corrected chi connectivity index (χ0v) is 11.2. The fourth-order valence-corrected chi connectivity index (χ4v) is 2.46. The number of anilines is 1. The normalized spacial score (nSPS) is 10.8. The van der Waals surface area contributed by atoms with Gasteiger partial charge in [-0.1, -0.05) is 18.2 Å². The molecule has 0 aliphatic carbocycles. The van der Waals surface area contributed by atoms with Crippen molar-refractivity contribution in [3.05, 3.63) is 30.2 Å². The number of hydrogen-bond acceptors (Lipinski definition) is 7. The largest absolute Gasteiger partial charge is 0.416 e. The summed E-state index contributed by atoms with van der Waals surface area (Å²) in [5, 5.41) is 13.0. The molecule has 0 bridgehead atoms. The molecule has 2 heterocycles. The van der Waals surface area contributed by atoms with Crippen molar-refractivity contribution in [2.45, 2.75) is 17.2 Å². The summed E-state index contributed by atoms with van der Waals surface area (Å²) in [5.74, 6) is 1.10. The van der Waals surface area contributed by atoms with E-state index in [0.717, 1.165) is 15.9 Å². The molecule has 0 radical (unpaired) electrons. The maximum absolute atomic E-state index is 5.37. The lowest BCUT2D eigenvalue weighted by atomic mass is 10.2. The highest BCUT2D eigenvalue weighted by Crippen LogP contribution is 2.31. The van der Waals surface area contributed by atoms with Gasteiger partial charge < -0.3 is 9.73 Å². The van der Waals surface area contributed by atoms with Gasteiger partial charge in [-0.05, 0) is 17.8 Å². The third kappa shape index (κ3) is 2.37. The summed E-state index contributed by atoms with van der Waals surface area (Å²) >= 11 is 1.34. The molecule has 0 saturated heterocycles. The van der Waals surface area contributed by atoms with Gasteiger partial charge in [0.2, 0.25) is 11.8 Å². The van der Waals surface area contributed by atoms with Crippen LogP contribution in [-0.2, 0) is 0 Å². The van der Waals surface area contributed by atoms with Crippen LogP contribution in [0, 0.1) is 6.92 Å². The first kappa shape index (κ1) is 11.9. The SMILES string of the molecule is CNc1nc(Sc2nnc(C)o2)c2ccccc2n1. The minimum Gasteiger partial charge on any atom is -0.416 e. The van der Waals surface area contributed by atoms with E-state index in [1.165, 1.54) is 11.8 Å². The van der Waals surface area contributed by atoms with E-state index in [2.05, 4.69) is 25.5 Å². The number of para-hydroxylation sites is 1. The summed E-state index contributed by atoms with van der Waals surface area (Å²) in [4.78, 5) is 8.84. The smallest absolute Gasteiger partial charge is 0.282 e. The molecule has 0 unspecified atom stereocenters. The van der Waals surface area contributed by atoms with Crippen LogP contribution in [0.5, 0.6) is 0 Å². The van der Waals surface area contributed by atoms with Crippen LogP contribution >= 0.6 is 11.8 Å². The molecule has 96 valence electrons. The van der Waals surface area contributed by atoms with E-state index in [-0.39, 0.29) is 0 Å². The van der Waals surface area contributed by atoms with Crippen LogP contribution in [0.1, 0.15) is 5.89 Å². The fraction of sp³-hybridized carbons (Fsp3) is 0.167. The Morgan fingerprint density at radius 2 is 2.00 bits per heavy atom. The van der Waals surface area contributed by atoms with Crippen LogP contribution in [0.2, 0.25) is 0 Å². The topological polar surface area (TPSA) is 76.7 Å². The highest BCUT2D eigenvalue weighted by Gasteiger charge is 2.12. The quantitative estimate of drug-likeness (QED) is 0.735. The monoisotopic (exact) mass is 273 g/mol. The van der Waals surface area contributed by atoms with Gasteiger partial charge in [0.05, 0.1) is 5.52 Å². The fourth-order valence-electron chi connectivity index (χ4n) is 1.64. The molecule has 6 nitrogen and oxygen atoms in total. The Labute approximate surface area is 113 Å². The number of aryl methyl sites for hydroxylation is 1. The van der Waals surface area contributed by atoms with Gasteiger partial charge in [-0.2, -0.15) is 0 Å². The Bertz CT molecular complexity index is 727. The first-order chi connectivity index (χ1) is 9.26. The molecular weight excluding hydrogens is 262 g/mol. The Morgan fingerprint density at radius 3 is 2.74 bits per heavy atom. The predicted octanol–water partition coefficient (Wildman–Crippen LogP) is 2.51. The number of rotatable bonds is 3. The van der Waals surface area contributed by atoms with Crippen molar-refractivity contribution in [3.8, 4) is 0 Å². The molecule has 0 fully saturated rings. The molecule has 7 heteroatoms. The van der Waals surface area contributed by atoms with Crippen molar-refractivity contribution in [1.29, 1.82) is 0 Å². The van der Waals surface area contributed by atoms with E-state index in [1.807, 2.05) is 24.3 Å². The average molecular weight is 273 g/mol. The van der Waals surface area contributed by atoms with Gasteiger partial charge in [-0.3, -0.25) is 0 Å². The van der Waals surface area contributed by atoms with Gasteiger partial charge in [0.15, 0.2) is 0 Å². The molecule has 0 atom stereocenters. The van der Waals surface area contributed by atoms with Crippen LogP contribution in [0.4, 0.5) is 5.95 Å². The van der Waals surface area contributed by atoms with Gasteiger partial charge in [0.1, 0.15) is 5.03 Å². The van der Waals surface area contributed by atoms with Gasteiger partial charge >= 0.3 is 0 Å². The maximum Gasteiger partial charge on any atom is 0.282 e. The van der Waals surface area contributed by atoms with Crippen LogP contribution in [0.3, 0.4) is 0 Å². The lowest BCUT2D eigenvalue weighted by Crippen LogP contribution is -1.98. The zero-order chi connectivity index (χ0) is 13.2. The van der Waals surface area contributed by atoms with Crippen molar-refractivity contribution in [1.82, 2.24) is 20.2 Å². The summed E-state index contributed by atoms with van der Waals surface area (Å²) in [6.07, 6.45) is 0. The highest BCUT2D eigenvalue weighted by atomic mass is 32.2. The van der Waals surface area contributed by atoms with Crippen molar-refractivity contribution in [2.75, 3.05) is 12.4 Å². The van der Waals surface area contributed by atoms with Crippen LogP contribution in [0.25, 0.3) is 10.9 Å². The van der Waals surface area contributed by atoms with Gasteiger partial charge in [0, 0.05) is 19.4 Å². The standard InChI is InChI=1S/C12H11N5OS/c1-7-16-17-12(18-7)19-10-8-5-3-4-6-9(8)14-11(13-2)15-10/h3-6H,1-2H3,(H,13,14,15). The molecule has 0 aliphatic heterocycles. The van der Waals surface area contributed by atoms with Crippen molar-refractivity contribution in [2.24, 2.45) is 0 Å². The first-order valence-electron chi connectivity index (χ1n) is 5.69. The summed E-state index contributed by atoms with van der Waals surface area (Å²) in [7, 11) is 1.79. The molecule has 0 saturated carbocycles. The number of hydrogen-bond donors (Lipinski definition) is 1. The van der Waals surface area contributed by atoms with Crippen molar-refractivity contribution >= 4 is 28.6 Å². The highest BCUT2D eigenvalue weighted by molar-refractivity contribution is 7.99. The van der Waals surface area contributed by atoms with E-state index in [1.54, 1.807) is 14.0 Å². The van der Waals surface area contributed by atoms with E-state index < -0.39 is 0 Å². The Hall–Kier alpha value is -2.15. The van der Waals surface area contributed by atoms with Crippen molar-refractivity contribution in [3.63, 3.8) is 0 Å². The maximum atomic E-state index is 5.37. The molecule has 3 aromatic rings. The molecule has 3 rings (SSSR count). The number of aromatic nitrogens is 4. The molecule has 19 heavy (non-hydrogen) atoms. The van der Waals surface area contributed by atoms with Crippen LogP contribution in [0.15, 0.2) is 38.9 Å². The van der Waals surface area contributed by atoms with Gasteiger partial charge in [0.25, 0.3) is 5.22 Å². The third-order valence-electron chi connectivity index (χ3n) is 2.48. The third-order valence-corrected chi connectivity index (χ3v) is 3.33. The number of benzene rings is 1. The van der Waals surface area contributed by atoms with E-state index in [9.17, 15) is 0 Å². The van der Waals surface area contributed by atoms with E-state index in [0.29, 0.717) is 17.1 Å². The summed E-state index contributed by atoms with van der Waals surface area (Å²) in [6, 6.07) is 7.81. The molecule has 2 aromatic heterocycles. The second kappa shape index (κ2) is 4.85. The van der Waals surface area contributed by atoms with E-state index >= 15 is 0 Å². The molecular formula is C12H11N5OS. The first-order valence-corrected chi connectivity index (χ1v) is 6.50. The second-order valence-electron chi connectivity index (χ2n) is 3.81. The molecule has 0 aliphatic rings. The molecule has 0 spiro atoms. The number of nitrogens with one attached hydrogen (secondary N) is 1. The van der Waals surface area contributed by atoms with Crippen molar-refractivity contribution < 1.29 is 4.42 Å². The van der Waals surface area contributed by atoms with Gasteiger partial charge in [-0.15, -0.1) is 10.2 Å². The van der Waals surface area contributed by atoms with E-state index in [4.69, 9.17) is 4.42 Å². The molecule has 1 N–H and O–H groups in total. The minimum absolute atomic E-state index is 0.475. The Kier molecular flexibility index (Phi) is 3.04. The van der Waals surface area contributed by atoms with Crippen LogP contribution in [-0.4, -0.2) is 27.2 Å². The number of fused-ring (bicyclic) bond motifs is 1. The predicted molar refractivity (Wildman–Crippen MR) is 72.2 cm³/mol. The lowest BCUT2D eigenvalue weighted by molar-refractivity contribution is 0.429. The molecule has 1 aromatic carbocycles. The summed E-state index contributed by atoms with van der Waals surface area (Å²) < 4.78 is 5.37. The number of nitrogens with zero attached hydrogens (tertiary/aromatic N) is 4.